The highest BCUT2D eigenvalue weighted by atomic mass is 16.5. The van der Waals surface area contributed by atoms with Gasteiger partial charge in [0, 0.05) is 24.3 Å². The van der Waals surface area contributed by atoms with E-state index in [9.17, 15) is 10.1 Å². The number of hydrogen-bond acceptors (Lipinski definition) is 4. The summed E-state index contributed by atoms with van der Waals surface area (Å²) in [4.78, 5) is 12.1. The Kier molecular flexibility index (Phi) is 3.42. The third-order valence-corrected chi connectivity index (χ3v) is 3.86. The zero-order valence-corrected chi connectivity index (χ0v) is 10.8. The molecule has 0 aromatic rings. The largest absolute Gasteiger partial charge is 0.444 e. The van der Waals surface area contributed by atoms with Gasteiger partial charge in [0.1, 0.15) is 11.8 Å². The maximum absolute atomic E-state index is 12.1. The van der Waals surface area contributed by atoms with Gasteiger partial charge in [0.2, 0.25) is 5.88 Å². The first-order valence-corrected chi connectivity index (χ1v) is 6.44. The average molecular weight is 246 g/mol. The number of carbonyl (C=O) groups excluding carboxylic acids is 1. The highest BCUT2D eigenvalue weighted by molar-refractivity contribution is 5.98. The Morgan fingerprint density at radius 1 is 1.56 bits per heavy atom. The second-order valence-electron chi connectivity index (χ2n) is 4.97. The van der Waals surface area contributed by atoms with Crippen LogP contribution >= 0.6 is 0 Å². The molecule has 1 aliphatic carbocycles. The van der Waals surface area contributed by atoms with E-state index < -0.39 is 0 Å². The van der Waals surface area contributed by atoms with Gasteiger partial charge in [-0.05, 0) is 12.3 Å². The maximum Gasteiger partial charge on any atom is 0.204 e. The number of Topliss-reactive ketones (excluding diaryl/α,β-unsaturated/α-hetero) is 1. The van der Waals surface area contributed by atoms with E-state index in [0.29, 0.717) is 23.3 Å². The quantitative estimate of drug-likeness (QED) is 0.811. The Morgan fingerprint density at radius 3 is 2.89 bits per heavy atom. The van der Waals surface area contributed by atoms with Crippen LogP contribution in [0.3, 0.4) is 0 Å². The van der Waals surface area contributed by atoms with Gasteiger partial charge < -0.3 is 10.5 Å². The predicted octanol–water partition coefficient (Wildman–Crippen LogP) is 2.38. The lowest BCUT2D eigenvalue weighted by Crippen LogP contribution is -2.31. The summed E-state index contributed by atoms with van der Waals surface area (Å²) in [5.74, 6) is 1.01. The molecule has 0 unspecified atom stereocenters. The lowest BCUT2D eigenvalue weighted by molar-refractivity contribution is -0.117. The average Bonchev–Trinajstić information content (AvgIpc) is 2.36. The van der Waals surface area contributed by atoms with Gasteiger partial charge in [-0.2, -0.15) is 5.26 Å². The summed E-state index contributed by atoms with van der Waals surface area (Å²) in [6, 6.07) is 2.12. The topological polar surface area (TPSA) is 76.1 Å². The van der Waals surface area contributed by atoms with Gasteiger partial charge in [0.25, 0.3) is 0 Å². The lowest BCUT2D eigenvalue weighted by atomic mass is 9.74. The van der Waals surface area contributed by atoms with Gasteiger partial charge in [-0.3, -0.25) is 4.79 Å². The summed E-state index contributed by atoms with van der Waals surface area (Å²) in [7, 11) is 0. The summed E-state index contributed by atoms with van der Waals surface area (Å²) < 4.78 is 5.48. The van der Waals surface area contributed by atoms with Crippen LogP contribution in [-0.2, 0) is 9.53 Å². The highest BCUT2D eigenvalue weighted by Crippen LogP contribution is 2.41. The minimum atomic E-state index is -0.184. The molecule has 2 aliphatic rings. The van der Waals surface area contributed by atoms with Crippen LogP contribution in [0.25, 0.3) is 0 Å². The number of nitriles is 1. The molecule has 1 aliphatic heterocycles. The number of ketones is 1. The lowest BCUT2D eigenvalue weighted by Gasteiger charge is -2.33. The molecule has 4 heteroatoms. The summed E-state index contributed by atoms with van der Waals surface area (Å²) in [6.07, 6.45) is 2.99. The number of ether oxygens (including phenoxy) is 1. The van der Waals surface area contributed by atoms with Crippen LogP contribution in [0.2, 0.25) is 0 Å². The standard InChI is InChI=1S/C14H18N2O2/c1-3-8(2)12-9(7-15)14(16)18-11-6-4-5-10(17)13(11)12/h8,12H,3-6,16H2,1-2H3/t8-,12-/m0/s1. The Morgan fingerprint density at radius 2 is 2.28 bits per heavy atom. The van der Waals surface area contributed by atoms with Gasteiger partial charge in [0.15, 0.2) is 5.78 Å². The highest BCUT2D eigenvalue weighted by Gasteiger charge is 2.39. The minimum Gasteiger partial charge on any atom is -0.444 e. The third kappa shape index (κ3) is 1.90. The first kappa shape index (κ1) is 12.7. The number of carbonyl (C=O) groups is 1. The minimum absolute atomic E-state index is 0.113. The van der Waals surface area contributed by atoms with Crippen LogP contribution in [0.15, 0.2) is 22.8 Å². The molecule has 96 valence electrons. The SMILES string of the molecule is CC[C@H](C)[C@H]1C(C#N)=C(N)OC2=C1C(=O)CCC2. The normalized spacial score (nSPS) is 25.4. The second-order valence-corrected chi connectivity index (χ2v) is 4.97. The molecule has 0 bridgehead atoms. The van der Waals surface area contributed by atoms with Gasteiger partial charge in [0.05, 0.1) is 5.57 Å². The number of allylic oxidation sites excluding steroid dienone is 3. The molecule has 2 rings (SSSR count). The molecular weight excluding hydrogens is 228 g/mol. The molecule has 2 N–H and O–H groups in total. The summed E-state index contributed by atoms with van der Waals surface area (Å²) >= 11 is 0. The number of rotatable bonds is 2. The molecule has 0 aromatic carbocycles. The van der Waals surface area contributed by atoms with Gasteiger partial charge in [-0.1, -0.05) is 20.3 Å². The van der Waals surface area contributed by atoms with Crippen LogP contribution in [0.5, 0.6) is 0 Å². The Labute approximate surface area is 107 Å². The number of nitrogens with zero attached hydrogens (tertiary/aromatic N) is 1. The van der Waals surface area contributed by atoms with Crippen molar-refractivity contribution >= 4 is 5.78 Å². The monoisotopic (exact) mass is 246 g/mol. The molecule has 0 aromatic heterocycles. The van der Waals surface area contributed by atoms with Gasteiger partial charge >= 0.3 is 0 Å². The molecule has 0 saturated carbocycles. The van der Waals surface area contributed by atoms with Crippen molar-refractivity contribution in [1.29, 1.82) is 5.26 Å². The Balaban J connectivity index is 2.51. The molecule has 1 heterocycles. The van der Waals surface area contributed by atoms with E-state index in [1.807, 2.05) is 6.92 Å². The first-order chi connectivity index (χ1) is 8.60. The maximum atomic E-state index is 12.1. The molecule has 0 amide bonds. The van der Waals surface area contributed by atoms with Gasteiger partial charge in [-0.15, -0.1) is 0 Å². The molecular formula is C14H18N2O2. The zero-order valence-electron chi connectivity index (χ0n) is 10.8. The van der Waals surface area contributed by atoms with Crippen molar-refractivity contribution in [3.8, 4) is 6.07 Å². The van der Waals surface area contributed by atoms with Crippen molar-refractivity contribution in [2.24, 2.45) is 17.6 Å². The van der Waals surface area contributed by atoms with Crippen molar-refractivity contribution in [3.05, 3.63) is 22.8 Å². The van der Waals surface area contributed by atoms with Crippen molar-refractivity contribution in [2.45, 2.75) is 39.5 Å². The van der Waals surface area contributed by atoms with Gasteiger partial charge in [-0.25, -0.2) is 0 Å². The van der Waals surface area contributed by atoms with E-state index in [1.54, 1.807) is 0 Å². The Hall–Kier alpha value is -1.76. The summed E-state index contributed by atoms with van der Waals surface area (Å²) in [6.45, 7) is 4.10. The predicted molar refractivity (Wildman–Crippen MR) is 66.7 cm³/mol. The molecule has 18 heavy (non-hydrogen) atoms. The van der Waals surface area contributed by atoms with Crippen molar-refractivity contribution in [2.75, 3.05) is 0 Å². The fourth-order valence-electron chi connectivity index (χ4n) is 2.70. The fraction of sp³-hybridized carbons (Fsp3) is 0.571. The molecule has 0 fully saturated rings. The third-order valence-electron chi connectivity index (χ3n) is 3.86. The van der Waals surface area contributed by atoms with E-state index >= 15 is 0 Å². The van der Waals surface area contributed by atoms with E-state index in [0.717, 1.165) is 19.3 Å². The first-order valence-electron chi connectivity index (χ1n) is 6.44. The van der Waals surface area contributed by atoms with E-state index in [4.69, 9.17) is 10.5 Å². The van der Waals surface area contributed by atoms with Crippen LogP contribution < -0.4 is 5.73 Å². The van der Waals surface area contributed by atoms with Crippen LogP contribution in [0.1, 0.15) is 39.5 Å². The van der Waals surface area contributed by atoms with E-state index in [-0.39, 0.29) is 23.5 Å². The number of hydrogen-bond donors (Lipinski definition) is 1. The van der Waals surface area contributed by atoms with E-state index in [2.05, 4.69) is 13.0 Å². The van der Waals surface area contributed by atoms with Crippen LogP contribution in [0.4, 0.5) is 0 Å². The Bertz CT molecular complexity index is 483. The second kappa shape index (κ2) is 4.85. The smallest absolute Gasteiger partial charge is 0.204 e. The van der Waals surface area contributed by atoms with Crippen LogP contribution in [-0.4, -0.2) is 5.78 Å². The molecule has 4 nitrogen and oxygen atoms in total. The molecule has 2 atom stereocenters. The van der Waals surface area contributed by atoms with Crippen molar-refractivity contribution < 1.29 is 9.53 Å². The van der Waals surface area contributed by atoms with Crippen molar-refractivity contribution in [3.63, 3.8) is 0 Å². The molecule has 0 radical (unpaired) electrons. The molecule has 0 saturated heterocycles. The number of nitrogens with two attached hydrogens (primary N) is 1. The van der Waals surface area contributed by atoms with Crippen molar-refractivity contribution in [1.82, 2.24) is 0 Å². The summed E-state index contributed by atoms with van der Waals surface area (Å²) in [5, 5.41) is 9.25. The van der Waals surface area contributed by atoms with Crippen LogP contribution in [0, 0.1) is 23.2 Å². The zero-order chi connectivity index (χ0) is 13.3. The van der Waals surface area contributed by atoms with E-state index in [1.165, 1.54) is 0 Å². The fourth-order valence-corrected chi connectivity index (χ4v) is 2.70. The molecule has 0 spiro atoms. The summed E-state index contributed by atoms with van der Waals surface area (Å²) in [5.41, 5.74) is 6.93.